The molecular formula is C17H19NO2S. The number of fused-ring (bicyclic) bond motifs is 1. The molecule has 2 aromatic rings. The predicted molar refractivity (Wildman–Crippen MR) is 84.3 cm³/mol. The van der Waals surface area contributed by atoms with Gasteiger partial charge in [-0.15, -0.1) is 11.3 Å². The van der Waals surface area contributed by atoms with E-state index in [2.05, 4.69) is 16.8 Å². The molecule has 110 valence electrons. The number of amides is 1. The highest BCUT2D eigenvalue weighted by molar-refractivity contribution is 7.09. The van der Waals surface area contributed by atoms with Gasteiger partial charge >= 0.3 is 0 Å². The van der Waals surface area contributed by atoms with Crippen molar-refractivity contribution in [3.63, 3.8) is 0 Å². The van der Waals surface area contributed by atoms with E-state index in [1.54, 1.807) is 11.3 Å². The normalized spacial score (nSPS) is 20.2. The number of benzene rings is 1. The summed E-state index contributed by atoms with van der Waals surface area (Å²) in [7, 11) is 0. The minimum Gasteiger partial charge on any atom is -0.390 e. The van der Waals surface area contributed by atoms with Crippen LogP contribution >= 0.6 is 11.3 Å². The number of aryl methyl sites for hydroxylation is 1. The summed E-state index contributed by atoms with van der Waals surface area (Å²) in [6.45, 7) is 0. The molecular weight excluding hydrogens is 282 g/mol. The van der Waals surface area contributed by atoms with E-state index < -0.39 is 6.10 Å². The Hall–Kier alpha value is -1.65. The number of hydrogen-bond acceptors (Lipinski definition) is 3. The summed E-state index contributed by atoms with van der Waals surface area (Å²) in [4.78, 5) is 13.4. The number of nitrogens with one attached hydrogen (secondary N) is 1. The first-order valence-electron chi connectivity index (χ1n) is 7.31. The first kappa shape index (κ1) is 14.3. The largest absolute Gasteiger partial charge is 0.390 e. The zero-order chi connectivity index (χ0) is 14.7. The van der Waals surface area contributed by atoms with Crippen LogP contribution in [0, 0.1) is 0 Å². The summed E-state index contributed by atoms with van der Waals surface area (Å²) < 4.78 is 0. The Morgan fingerprint density at radius 3 is 2.95 bits per heavy atom. The molecule has 0 saturated carbocycles. The lowest BCUT2D eigenvalue weighted by molar-refractivity contribution is -0.122. The van der Waals surface area contributed by atoms with Crippen LogP contribution in [0.1, 0.15) is 34.9 Å². The highest BCUT2D eigenvalue weighted by Crippen LogP contribution is 2.31. The number of carbonyl (C=O) groups excluding carboxylic acids is 1. The summed E-state index contributed by atoms with van der Waals surface area (Å²) in [5, 5.41) is 15.2. The summed E-state index contributed by atoms with van der Waals surface area (Å²) in [5.74, 6) is 0.0207. The van der Waals surface area contributed by atoms with Crippen LogP contribution in [0.3, 0.4) is 0 Å². The van der Waals surface area contributed by atoms with Crippen LogP contribution in [-0.2, 0) is 17.6 Å². The minimum absolute atomic E-state index is 0.0207. The lowest BCUT2D eigenvalue weighted by atomic mass is 10.1. The van der Waals surface area contributed by atoms with E-state index in [0.717, 1.165) is 24.0 Å². The molecule has 0 radical (unpaired) electrons. The number of rotatable bonds is 5. The third kappa shape index (κ3) is 3.34. The van der Waals surface area contributed by atoms with Gasteiger partial charge in [0.1, 0.15) is 0 Å². The molecule has 3 rings (SSSR count). The van der Waals surface area contributed by atoms with Crippen LogP contribution in [-0.4, -0.2) is 17.1 Å². The number of thiophene rings is 1. The molecule has 1 aromatic heterocycles. The van der Waals surface area contributed by atoms with Gasteiger partial charge in [-0.1, -0.05) is 30.3 Å². The molecule has 1 aromatic carbocycles. The van der Waals surface area contributed by atoms with Crippen LogP contribution in [0.15, 0.2) is 41.8 Å². The van der Waals surface area contributed by atoms with Crippen molar-refractivity contribution in [1.82, 2.24) is 5.32 Å². The molecule has 3 nitrogen and oxygen atoms in total. The monoisotopic (exact) mass is 301 g/mol. The van der Waals surface area contributed by atoms with Gasteiger partial charge in [-0.05, 0) is 35.4 Å². The molecule has 1 aliphatic rings. The van der Waals surface area contributed by atoms with Crippen molar-refractivity contribution in [2.24, 2.45) is 0 Å². The van der Waals surface area contributed by atoms with Gasteiger partial charge in [-0.3, -0.25) is 4.79 Å². The average molecular weight is 301 g/mol. The van der Waals surface area contributed by atoms with Gasteiger partial charge in [0, 0.05) is 17.7 Å². The second-order valence-electron chi connectivity index (χ2n) is 5.45. The average Bonchev–Trinajstić information content (AvgIpc) is 3.08. The second-order valence-corrected chi connectivity index (χ2v) is 6.48. The molecule has 2 N–H and O–H groups in total. The molecule has 4 heteroatoms. The third-order valence-electron chi connectivity index (χ3n) is 3.93. The van der Waals surface area contributed by atoms with Crippen molar-refractivity contribution < 1.29 is 9.90 Å². The lowest BCUT2D eigenvalue weighted by Crippen LogP contribution is -2.33. The van der Waals surface area contributed by atoms with Crippen molar-refractivity contribution in [3.8, 4) is 0 Å². The summed E-state index contributed by atoms with van der Waals surface area (Å²) >= 11 is 1.73. The quantitative estimate of drug-likeness (QED) is 0.892. The highest BCUT2D eigenvalue weighted by Gasteiger charge is 2.31. The van der Waals surface area contributed by atoms with E-state index in [1.165, 1.54) is 4.88 Å². The van der Waals surface area contributed by atoms with E-state index in [0.29, 0.717) is 12.8 Å². The Morgan fingerprint density at radius 2 is 2.14 bits per heavy atom. The zero-order valence-corrected chi connectivity index (χ0v) is 12.6. The Kier molecular flexibility index (Phi) is 4.36. The SMILES string of the molecule is O=C(CCCc1cccs1)N[C@H]1c2ccccc2C[C@H]1O. The molecule has 0 saturated heterocycles. The Balaban J connectivity index is 1.53. The maximum atomic E-state index is 12.1. The zero-order valence-electron chi connectivity index (χ0n) is 11.8. The standard InChI is InChI=1S/C17H19NO2S/c19-15-11-12-5-1-2-8-14(12)17(15)18-16(20)9-3-6-13-7-4-10-21-13/h1-2,4-5,7-8,10,15,17,19H,3,6,9,11H2,(H,18,20)/t15-,17+/m1/s1. The molecule has 0 bridgehead atoms. The molecule has 0 fully saturated rings. The summed E-state index contributed by atoms with van der Waals surface area (Å²) in [6.07, 6.45) is 2.40. The Labute approximate surface area is 128 Å². The van der Waals surface area contributed by atoms with Crippen molar-refractivity contribution in [3.05, 3.63) is 57.8 Å². The van der Waals surface area contributed by atoms with Gasteiger partial charge < -0.3 is 10.4 Å². The van der Waals surface area contributed by atoms with E-state index >= 15 is 0 Å². The minimum atomic E-state index is -0.511. The van der Waals surface area contributed by atoms with Crippen molar-refractivity contribution in [1.29, 1.82) is 0 Å². The van der Waals surface area contributed by atoms with E-state index in [4.69, 9.17) is 0 Å². The number of aliphatic hydroxyl groups is 1. The first-order chi connectivity index (χ1) is 10.2. The predicted octanol–water partition coefficient (Wildman–Crippen LogP) is 2.85. The van der Waals surface area contributed by atoms with E-state index in [1.807, 2.05) is 30.3 Å². The first-order valence-corrected chi connectivity index (χ1v) is 8.19. The molecule has 1 aliphatic carbocycles. The number of hydrogen-bond donors (Lipinski definition) is 2. The van der Waals surface area contributed by atoms with Gasteiger partial charge in [0.2, 0.25) is 5.91 Å². The van der Waals surface area contributed by atoms with Gasteiger partial charge in [0.25, 0.3) is 0 Å². The summed E-state index contributed by atoms with van der Waals surface area (Å²) in [5.41, 5.74) is 2.19. The van der Waals surface area contributed by atoms with Crippen LogP contribution < -0.4 is 5.32 Å². The van der Waals surface area contributed by atoms with Gasteiger partial charge in [-0.2, -0.15) is 0 Å². The van der Waals surface area contributed by atoms with Crippen LogP contribution in [0.5, 0.6) is 0 Å². The highest BCUT2D eigenvalue weighted by atomic mass is 32.1. The number of aliphatic hydroxyl groups excluding tert-OH is 1. The van der Waals surface area contributed by atoms with Crippen LogP contribution in [0.2, 0.25) is 0 Å². The molecule has 1 heterocycles. The molecule has 1 amide bonds. The second kappa shape index (κ2) is 6.41. The van der Waals surface area contributed by atoms with Crippen LogP contribution in [0.25, 0.3) is 0 Å². The van der Waals surface area contributed by atoms with Crippen molar-refractivity contribution in [2.75, 3.05) is 0 Å². The molecule has 2 atom stereocenters. The van der Waals surface area contributed by atoms with Crippen molar-refractivity contribution in [2.45, 2.75) is 37.8 Å². The van der Waals surface area contributed by atoms with Crippen molar-refractivity contribution >= 4 is 17.2 Å². The van der Waals surface area contributed by atoms with Gasteiger partial charge in [0.05, 0.1) is 12.1 Å². The molecule has 0 aliphatic heterocycles. The third-order valence-corrected chi connectivity index (χ3v) is 4.86. The van der Waals surface area contributed by atoms with Gasteiger partial charge in [0.15, 0.2) is 0 Å². The molecule has 0 spiro atoms. The maximum absolute atomic E-state index is 12.1. The number of carbonyl (C=O) groups is 1. The fourth-order valence-electron chi connectivity index (χ4n) is 2.87. The fraction of sp³-hybridized carbons (Fsp3) is 0.353. The fourth-order valence-corrected chi connectivity index (χ4v) is 3.62. The maximum Gasteiger partial charge on any atom is 0.220 e. The van der Waals surface area contributed by atoms with Crippen LogP contribution in [0.4, 0.5) is 0 Å². The summed E-state index contributed by atoms with van der Waals surface area (Å²) in [6, 6.07) is 11.8. The van der Waals surface area contributed by atoms with E-state index in [-0.39, 0.29) is 11.9 Å². The smallest absolute Gasteiger partial charge is 0.220 e. The lowest BCUT2D eigenvalue weighted by Gasteiger charge is -2.17. The Bertz CT molecular complexity index is 609. The topological polar surface area (TPSA) is 49.3 Å². The molecule has 21 heavy (non-hydrogen) atoms. The molecule has 0 unspecified atom stereocenters. The van der Waals surface area contributed by atoms with E-state index in [9.17, 15) is 9.90 Å². The van der Waals surface area contributed by atoms with Gasteiger partial charge in [-0.25, -0.2) is 0 Å². The Morgan fingerprint density at radius 1 is 1.29 bits per heavy atom.